The van der Waals surface area contributed by atoms with E-state index in [2.05, 4.69) is 0 Å². The van der Waals surface area contributed by atoms with Crippen LogP contribution in [0.15, 0.2) is 22.1 Å². The van der Waals surface area contributed by atoms with Gasteiger partial charge in [-0.3, -0.25) is 4.79 Å². The van der Waals surface area contributed by atoms with Gasteiger partial charge in [0.15, 0.2) is 0 Å². The summed E-state index contributed by atoms with van der Waals surface area (Å²) in [6, 6.07) is 1.60. The first-order chi connectivity index (χ1) is 8.81. The fourth-order valence-corrected chi connectivity index (χ4v) is 2.51. The van der Waals surface area contributed by atoms with Crippen molar-refractivity contribution < 1.29 is 24.2 Å². The third-order valence-corrected chi connectivity index (χ3v) is 3.38. The molecule has 19 heavy (non-hydrogen) atoms. The van der Waals surface area contributed by atoms with Gasteiger partial charge in [0.1, 0.15) is 16.9 Å². The van der Waals surface area contributed by atoms with E-state index < -0.39 is 17.4 Å². The number of carbonyl (C=O) groups is 2. The van der Waals surface area contributed by atoms with Crippen molar-refractivity contribution in [1.82, 2.24) is 0 Å². The van der Waals surface area contributed by atoms with Crippen LogP contribution in [0.3, 0.4) is 0 Å². The maximum absolute atomic E-state index is 11.8. The fourth-order valence-electron chi connectivity index (χ4n) is 2.51. The number of allylic oxidation sites excluding steroid dienone is 1. The first-order valence-electron chi connectivity index (χ1n) is 6.02. The minimum Gasteiger partial charge on any atom is -0.480 e. The van der Waals surface area contributed by atoms with Crippen LogP contribution in [0.5, 0.6) is 0 Å². The summed E-state index contributed by atoms with van der Waals surface area (Å²) >= 11 is 0. The number of hydrogen-bond donors (Lipinski definition) is 2. The van der Waals surface area contributed by atoms with Crippen molar-refractivity contribution in [2.45, 2.75) is 39.5 Å². The molecule has 0 fully saturated rings. The highest BCUT2D eigenvalue weighted by molar-refractivity contribution is 6.00. The van der Waals surface area contributed by atoms with Crippen molar-refractivity contribution in [3.63, 3.8) is 0 Å². The standard InChI is InChI=1S/C14H18O5/c1-5-10(12(15)16)14(6-2,13(17)18)11-7-8(3)19-9(11)4/h5,7H,6H2,1-4H3,(H,15,16)(H,17,18)/b10-5+. The minimum absolute atomic E-state index is 0.133. The van der Waals surface area contributed by atoms with E-state index in [-0.39, 0.29) is 12.0 Å². The molecule has 0 aliphatic carbocycles. The van der Waals surface area contributed by atoms with Crippen molar-refractivity contribution in [3.05, 3.63) is 34.8 Å². The average molecular weight is 266 g/mol. The van der Waals surface area contributed by atoms with E-state index in [4.69, 9.17) is 4.42 Å². The number of furan rings is 1. The maximum Gasteiger partial charge on any atom is 0.332 e. The normalized spacial score (nSPS) is 15.1. The van der Waals surface area contributed by atoms with E-state index in [0.717, 1.165) is 0 Å². The molecule has 0 radical (unpaired) electrons. The summed E-state index contributed by atoms with van der Waals surface area (Å²) in [7, 11) is 0. The second kappa shape index (κ2) is 5.30. The zero-order valence-electron chi connectivity index (χ0n) is 11.5. The van der Waals surface area contributed by atoms with E-state index >= 15 is 0 Å². The minimum atomic E-state index is -1.58. The molecule has 0 aromatic carbocycles. The largest absolute Gasteiger partial charge is 0.480 e. The number of carboxylic acid groups (broad SMARTS) is 2. The van der Waals surface area contributed by atoms with Gasteiger partial charge in [0.05, 0.1) is 5.57 Å². The molecular weight excluding hydrogens is 248 g/mol. The van der Waals surface area contributed by atoms with Gasteiger partial charge in [0.25, 0.3) is 0 Å². The SMILES string of the molecule is C/C=C(\C(=O)O)C(CC)(C(=O)O)c1cc(C)oc1C. The van der Waals surface area contributed by atoms with Crippen LogP contribution in [-0.2, 0) is 15.0 Å². The summed E-state index contributed by atoms with van der Waals surface area (Å²) in [6.07, 6.45) is 1.47. The Morgan fingerprint density at radius 2 is 1.95 bits per heavy atom. The maximum atomic E-state index is 11.8. The molecule has 1 heterocycles. The fraction of sp³-hybridized carbons (Fsp3) is 0.429. The quantitative estimate of drug-likeness (QED) is 0.800. The van der Waals surface area contributed by atoms with Crippen LogP contribution >= 0.6 is 0 Å². The van der Waals surface area contributed by atoms with Gasteiger partial charge >= 0.3 is 11.9 Å². The number of carboxylic acids is 2. The van der Waals surface area contributed by atoms with Crippen LogP contribution in [0.4, 0.5) is 0 Å². The number of rotatable bonds is 5. The Hall–Kier alpha value is -2.04. The molecule has 0 saturated heterocycles. The molecular formula is C14H18O5. The molecule has 1 aromatic rings. The summed E-state index contributed by atoms with van der Waals surface area (Å²) in [4.78, 5) is 23.1. The first kappa shape index (κ1) is 15.0. The molecule has 0 aliphatic heterocycles. The zero-order chi connectivity index (χ0) is 14.8. The Bertz CT molecular complexity index is 538. The summed E-state index contributed by atoms with van der Waals surface area (Å²) in [5.41, 5.74) is -1.33. The van der Waals surface area contributed by atoms with Gasteiger partial charge in [-0.2, -0.15) is 0 Å². The molecule has 0 aliphatic rings. The lowest BCUT2D eigenvalue weighted by atomic mass is 9.71. The lowest BCUT2D eigenvalue weighted by Crippen LogP contribution is -2.40. The molecule has 0 bridgehead atoms. The molecule has 0 saturated carbocycles. The van der Waals surface area contributed by atoms with Gasteiger partial charge in [0, 0.05) is 5.56 Å². The van der Waals surface area contributed by atoms with Crippen LogP contribution in [-0.4, -0.2) is 22.2 Å². The zero-order valence-corrected chi connectivity index (χ0v) is 11.5. The van der Waals surface area contributed by atoms with E-state index in [0.29, 0.717) is 17.1 Å². The third kappa shape index (κ3) is 2.28. The molecule has 5 heteroatoms. The van der Waals surface area contributed by atoms with Crippen molar-refractivity contribution in [2.75, 3.05) is 0 Å². The highest BCUT2D eigenvalue weighted by Crippen LogP contribution is 2.39. The number of aliphatic carboxylic acids is 2. The first-order valence-corrected chi connectivity index (χ1v) is 6.02. The summed E-state index contributed by atoms with van der Waals surface area (Å²) < 4.78 is 5.36. The van der Waals surface area contributed by atoms with Crippen LogP contribution in [0.1, 0.15) is 37.4 Å². The second-order valence-electron chi connectivity index (χ2n) is 4.40. The number of aryl methyl sites for hydroxylation is 2. The van der Waals surface area contributed by atoms with Crippen molar-refractivity contribution in [1.29, 1.82) is 0 Å². The predicted octanol–water partition coefficient (Wildman–Crippen LogP) is 2.66. The molecule has 0 spiro atoms. The summed E-state index contributed by atoms with van der Waals surface area (Å²) in [5.74, 6) is -1.42. The van der Waals surface area contributed by atoms with Crippen LogP contribution in [0.25, 0.3) is 0 Å². The molecule has 1 atom stereocenters. The van der Waals surface area contributed by atoms with Crippen molar-refractivity contribution >= 4 is 11.9 Å². The van der Waals surface area contributed by atoms with E-state index in [1.165, 1.54) is 13.0 Å². The highest BCUT2D eigenvalue weighted by Gasteiger charge is 2.47. The van der Waals surface area contributed by atoms with Crippen LogP contribution in [0, 0.1) is 13.8 Å². The monoisotopic (exact) mass is 266 g/mol. The van der Waals surface area contributed by atoms with Gasteiger partial charge in [-0.25, -0.2) is 4.79 Å². The molecule has 2 N–H and O–H groups in total. The van der Waals surface area contributed by atoms with E-state index in [1.54, 1.807) is 26.8 Å². The summed E-state index contributed by atoms with van der Waals surface area (Å²) in [6.45, 7) is 6.53. The Balaban J connectivity index is 3.66. The average Bonchev–Trinajstić information content (AvgIpc) is 2.64. The third-order valence-electron chi connectivity index (χ3n) is 3.38. The Kier molecular flexibility index (Phi) is 4.19. The second-order valence-corrected chi connectivity index (χ2v) is 4.40. The molecule has 1 aromatic heterocycles. The van der Waals surface area contributed by atoms with Gasteiger partial charge in [-0.15, -0.1) is 0 Å². The lowest BCUT2D eigenvalue weighted by molar-refractivity contribution is -0.146. The van der Waals surface area contributed by atoms with E-state index in [1.807, 2.05) is 0 Å². The van der Waals surface area contributed by atoms with Gasteiger partial charge in [0.2, 0.25) is 0 Å². The molecule has 1 unspecified atom stereocenters. The highest BCUT2D eigenvalue weighted by atomic mass is 16.4. The molecule has 0 amide bonds. The van der Waals surface area contributed by atoms with Crippen molar-refractivity contribution in [2.24, 2.45) is 0 Å². The van der Waals surface area contributed by atoms with Crippen LogP contribution in [0.2, 0.25) is 0 Å². The Labute approximate surface area is 111 Å². The predicted molar refractivity (Wildman–Crippen MR) is 69.2 cm³/mol. The number of hydrogen-bond acceptors (Lipinski definition) is 3. The van der Waals surface area contributed by atoms with Gasteiger partial charge < -0.3 is 14.6 Å². The van der Waals surface area contributed by atoms with Gasteiger partial charge in [-0.1, -0.05) is 13.0 Å². The molecule has 5 nitrogen and oxygen atoms in total. The van der Waals surface area contributed by atoms with Crippen molar-refractivity contribution in [3.8, 4) is 0 Å². The van der Waals surface area contributed by atoms with Crippen LogP contribution < -0.4 is 0 Å². The Morgan fingerprint density at radius 1 is 1.37 bits per heavy atom. The lowest BCUT2D eigenvalue weighted by Gasteiger charge is -2.28. The topological polar surface area (TPSA) is 87.7 Å². The summed E-state index contributed by atoms with van der Waals surface area (Å²) in [5, 5.41) is 18.9. The molecule has 104 valence electrons. The smallest absolute Gasteiger partial charge is 0.332 e. The Morgan fingerprint density at radius 3 is 2.21 bits per heavy atom. The van der Waals surface area contributed by atoms with Gasteiger partial charge in [-0.05, 0) is 33.3 Å². The van der Waals surface area contributed by atoms with E-state index in [9.17, 15) is 19.8 Å². The molecule has 1 rings (SSSR count).